The van der Waals surface area contributed by atoms with E-state index in [9.17, 15) is 9.59 Å². The Hall–Kier alpha value is -2.35. The molecule has 29 heavy (non-hydrogen) atoms. The van der Waals surface area contributed by atoms with Crippen molar-refractivity contribution >= 4 is 23.5 Å². The lowest BCUT2D eigenvalue weighted by Gasteiger charge is -2.25. The molecule has 0 spiro atoms. The SMILES string of the molecule is CCOC(=O)Cc1nnc(SCC(=O)c2ccccc2OC)n1C1CCCCC1. The van der Waals surface area contributed by atoms with E-state index >= 15 is 0 Å². The van der Waals surface area contributed by atoms with Crippen molar-refractivity contribution in [2.45, 2.75) is 56.6 Å². The third-order valence-corrected chi connectivity index (χ3v) is 5.97. The molecule has 0 unspecified atom stereocenters. The number of Topliss-reactive ketones (excluding diaryl/α,β-unsaturated/α-hetero) is 1. The van der Waals surface area contributed by atoms with Gasteiger partial charge >= 0.3 is 5.97 Å². The normalized spacial score (nSPS) is 14.6. The van der Waals surface area contributed by atoms with Crippen LogP contribution in [0.1, 0.15) is 61.3 Å². The molecule has 1 aromatic heterocycles. The molecule has 7 nitrogen and oxygen atoms in total. The van der Waals surface area contributed by atoms with Gasteiger partial charge in [-0.15, -0.1) is 10.2 Å². The molecular weight excluding hydrogens is 390 g/mol. The van der Waals surface area contributed by atoms with Gasteiger partial charge in [-0.05, 0) is 31.9 Å². The zero-order valence-electron chi connectivity index (χ0n) is 16.9. The molecule has 0 amide bonds. The van der Waals surface area contributed by atoms with Crippen molar-refractivity contribution in [2.24, 2.45) is 0 Å². The van der Waals surface area contributed by atoms with Crippen LogP contribution in [0.15, 0.2) is 29.4 Å². The average Bonchev–Trinajstić information content (AvgIpc) is 3.15. The first kappa shape index (κ1) is 21.4. The maximum absolute atomic E-state index is 12.7. The van der Waals surface area contributed by atoms with Crippen LogP contribution < -0.4 is 4.74 Å². The number of aromatic nitrogens is 3. The van der Waals surface area contributed by atoms with Gasteiger partial charge in [0.25, 0.3) is 0 Å². The zero-order valence-corrected chi connectivity index (χ0v) is 17.7. The first-order valence-corrected chi connectivity index (χ1v) is 11.0. The Morgan fingerprint density at radius 3 is 2.66 bits per heavy atom. The minimum Gasteiger partial charge on any atom is -0.496 e. The van der Waals surface area contributed by atoms with Crippen LogP contribution in [0, 0.1) is 0 Å². The van der Waals surface area contributed by atoms with E-state index in [0.717, 1.165) is 25.7 Å². The van der Waals surface area contributed by atoms with Gasteiger partial charge in [-0.2, -0.15) is 0 Å². The second kappa shape index (κ2) is 10.4. The molecule has 3 rings (SSSR count). The summed E-state index contributed by atoms with van der Waals surface area (Å²) in [7, 11) is 1.56. The van der Waals surface area contributed by atoms with E-state index in [1.54, 1.807) is 26.2 Å². The molecule has 1 aliphatic rings. The molecular formula is C21H27N3O4S. The van der Waals surface area contributed by atoms with E-state index in [1.165, 1.54) is 18.2 Å². The Morgan fingerprint density at radius 1 is 1.17 bits per heavy atom. The second-order valence-corrected chi connectivity index (χ2v) is 7.90. The molecule has 2 aromatic rings. The summed E-state index contributed by atoms with van der Waals surface area (Å²) in [6.07, 6.45) is 5.67. The van der Waals surface area contributed by atoms with Gasteiger partial charge in [0.2, 0.25) is 0 Å². The van der Waals surface area contributed by atoms with Gasteiger partial charge in [0.05, 0.1) is 25.0 Å². The molecule has 8 heteroatoms. The van der Waals surface area contributed by atoms with Crippen LogP contribution in [0.2, 0.25) is 0 Å². The molecule has 0 aliphatic heterocycles. The Labute approximate surface area is 175 Å². The van der Waals surface area contributed by atoms with Crippen molar-refractivity contribution in [3.05, 3.63) is 35.7 Å². The molecule has 1 aliphatic carbocycles. The molecule has 1 fully saturated rings. The van der Waals surface area contributed by atoms with E-state index in [1.807, 2.05) is 12.1 Å². The van der Waals surface area contributed by atoms with Gasteiger partial charge in [0, 0.05) is 6.04 Å². The van der Waals surface area contributed by atoms with Crippen LogP contribution in [0.4, 0.5) is 0 Å². The summed E-state index contributed by atoms with van der Waals surface area (Å²) < 4.78 is 12.4. The van der Waals surface area contributed by atoms with Crippen LogP contribution in [0.3, 0.4) is 0 Å². The monoisotopic (exact) mass is 417 g/mol. The molecule has 0 bridgehead atoms. The lowest BCUT2D eigenvalue weighted by molar-refractivity contribution is -0.142. The van der Waals surface area contributed by atoms with Crippen LogP contribution >= 0.6 is 11.8 Å². The highest BCUT2D eigenvalue weighted by atomic mass is 32.2. The largest absolute Gasteiger partial charge is 0.496 e. The van der Waals surface area contributed by atoms with E-state index in [4.69, 9.17) is 9.47 Å². The van der Waals surface area contributed by atoms with E-state index < -0.39 is 0 Å². The summed E-state index contributed by atoms with van der Waals surface area (Å²) in [6.45, 7) is 2.12. The summed E-state index contributed by atoms with van der Waals surface area (Å²) in [5, 5.41) is 9.23. The van der Waals surface area contributed by atoms with Crippen LogP contribution in [-0.2, 0) is 16.0 Å². The van der Waals surface area contributed by atoms with Crippen molar-refractivity contribution in [3.8, 4) is 5.75 Å². The number of methoxy groups -OCH3 is 1. The fraction of sp³-hybridized carbons (Fsp3) is 0.524. The number of rotatable bonds is 9. The van der Waals surface area contributed by atoms with E-state index in [0.29, 0.717) is 28.9 Å². The summed E-state index contributed by atoms with van der Waals surface area (Å²) >= 11 is 1.36. The van der Waals surface area contributed by atoms with Gasteiger partial charge in [0.15, 0.2) is 10.9 Å². The average molecular weight is 418 g/mol. The summed E-state index contributed by atoms with van der Waals surface area (Å²) in [6, 6.07) is 7.46. The third-order valence-electron chi connectivity index (χ3n) is 5.02. The number of carbonyl (C=O) groups is 2. The van der Waals surface area contributed by atoms with Gasteiger partial charge in [0.1, 0.15) is 18.0 Å². The zero-order chi connectivity index (χ0) is 20.6. The van der Waals surface area contributed by atoms with Crippen LogP contribution in [-0.4, -0.2) is 46.0 Å². The Morgan fingerprint density at radius 2 is 1.93 bits per heavy atom. The summed E-state index contributed by atoms with van der Waals surface area (Å²) in [4.78, 5) is 24.7. The molecule has 0 radical (unpaired) electrons. The number of para-hydroxylation sites is 1. The molecule has 156 valence electrons. The molecule has 0 atom stereocenters. The standard InChI is InChI=1S/C21H27N3O4S/c1-3-28-20(26)13-19-22-23-21(24(19)15-9-5-4-6-10-15)29-14-17(25)16-11-7-8-12-18(16)27-2/h7-8,11-12,15H,3-6,9-10,13-14H2,1-2H3. The van der Waals surface area contributed by atoms with Crippen molar-refractivity contribution in [1.82, 2.24) is 14.8 Å². The maximum atomic E-state index is 12.7. The third kappa shape index (κ3) is 5.38. The number of hydrogen-bond acceptors (Lipinski definition) is 7. The lowest BCUT2D eigenvalue weighted by atomic mass is 9.95. The number of nitrogens with zero attached hydrogens (tertiary/aromatic N) is 3. The number of hydrogen-bond donors (Lipinski definition) is 0. The highest BCUT2D eigenvalue weighted by molar-refractivity contribution is 7.99. The van der Waals surface area contributed by atoms with Gasteiger partial charge < -0.3 is 14.0 Å². The molecule has 1 aromatic carbocycles. The second-order valence-electron chi connectivity index (χ2n) is 6.95. The fourth-order valence-corrected chi connectivity index (χ4v) is 4.56. The summed E-state index contributed by atoms with van der Waals surface area (Å²) in [5.41, 5.74) is 0.554. The smallest absolute Gasteiger partial charge is 0.313 e. The number of ketones is 1. The van der Waals surface area contributed by atoms with Gasteiger partial charge in [-0.25, -0.2) is 0 Å². The quantitative estimate of drug-likeness (QED) is 0.348. The number of ether oxygens (including phenoxy) is 2. The first-order valence-electron chi connectivity index (χ1n) is 10.0. The number of thioether (sulfide) groups is 1. The van der Waals surface area contributed by atoms with Gasteiger partial charge in [-0.3, -0.25) is 9.59 Å². The molecule has 1 heterocycles. The minimum atomic E-state index is -0.307. The lowest BCUT2D eigenvalue weighted by Crippen LogP contribution is -2.19. The summed E-state index contributed by atoms with van der Waals surface area (Å²) in [5.74, 6) is 1.07. The maximum Gasteiger partial charge on any atom is 0.313 e. The molecule has 1 saturated carbocycles. The number of carbonyl (C=O) groups excluding carboxylic acids is 2. The Balaban J connectivity index is 1.78. The van der Waals surface area contributed by atoms with Crippen molar-refractivity contribution < 1.29 is 19.1 Å². The highest BCUT2D eigenvalue weighted by Crippen LogP contribution is 2.33. The van der Waals surface area contributed by atoms with Gasteiger partial charge in [-0.1, -0.05) is 43.2 Å². The van der Waals surface area contributed by atoms with Crippen LogP contribution in [0.25, 0.3) is 0 Å². The Kier molecular flexibility index (Phi) is 7.69. The van der Waals surface area contributed by atoms with E-state index in [2.05, 4.69) is 14.8 Å². The number of esters is 1. The topological polar surface area (TPSA) is 83.3 Å². The first-order chi connectivity index (χ1) is 14.1. The number of benzene rings is 1. The minimum absolute atomic E-state index is 0.0300. The fourth-order valence-electron chi connectivity index (χ4n) is 3.66. The molecule has 0 saturated heterocycles. The predicted octanol–water partition coefficient (Wildman–Crippen LogP) is 3.87. The van der Waals surface area contributed by atoms with Crippen molar-refractivity contribution in [1.29, 1.82) is 0 Å². The van der Waals surface area contributed by atoms with E-state index in [-0.39, 0.29) is 30.0 Å². The van der Waals surface area contributed by atoms with Crippen molar-refractivity contribution in [3.63, 3.8) is 0 Å². The molecule has 0 N–H and O–H groups in total. The van der Waals surface area contributed by atoms with Crippen LogP contribution in [0.5, 0.6) is 5.75 Å². The van der Waals surface area contributed by atoms with Crippen molar-refractivity contribution in [2.75, 3.05) is 19.5 Å². The Bertz CT molecular complexity index is 846. The highest BCUT2D eigenvalue weighted by Gasteiger charge is 2.25. The predicted molar refractivity (Wildman–Crippen MR) is 111 cm³/mol.